The zero-order chi connectivity index (χ0) is 19.9. The zero-order valence-electron chi connectivity index (χ0n) is 17.5. The molecule has 0 bridgehead atoms. The average Bonchev–Trinajstić information content (AvgIpc) is 3.17. The van der Waals surface area contributed by atoms with Crippen LogP contribution in [0.1, 0.15) is 59.3 Å². The lowest BCUT2D eigenvalue weighted by Gasteiger charge is -2.33. The molecule has 2 atom stereocenters. The summed E-state index contributed by atoms with van der Waals surface area (Å²) >= 11 is 0. The standard InChI is InChI=1S/C20H36N4O3.ClH/c1-20(2,3)19(27)22-11-5-9-17(25)24-12-6-7-15(14-24)13-23-18(26)16-8-4-10-21-16;/h15-16,21H,4-14H2,1-3H3,(H,22,27)(H,23,26);1H. The highest BCUT2D eigenvalue weighted by Crippen LogP contribution is 2.17. The monoisotopic (exact) mass is 416 g/mol. The van der Waals surface area contributed by atoms with E-state index in [4.69, 9.17) is 0 Å². The second-order valence-electron chi connectivity index (χ2n) is 8.85. The van der Waals surface area contributed by atoms with Crippen LogP contribution in [0.2, 0.25) is 0 Å². The van der Waals surface area contributed by atoms with Crippen LogP contribution >= 0.6 is 12.4 Å². The van der Waals surface area contributed by atoms with E-state index in [0.717, 1.165) is 38.8 Å². The fourth-order valence-electron chi connectivity index (χ4n) is 3.60. The van der Waals surface area contributed by atoms with E-state index in [0.29, 0.717) is 38.4 Å². The molecule has 0 aromatic carbocycles. The molecule has 2 fully saturated rings. The van der Waals surface area contributed by atoms with Crippen LogP contribution in [0.15, 0.2) is 0 Å². The fourth-order valence-corrected chi connectivity index (χ4v) is 3.60. The highest BCUT2D eigenvalue weighted by Gasteiger charge is 2.26. The van der Waals surface area contributed by atoms with Crippen molar-refractivity contribution in [1.29, 1.82) is 0 Å². The van der Waals surface area contributed by atoms with Gasteiger partial charge in [0.2, 0.25) is 17.7 Å². The largest absolute Gasteiger partial charge is 0.356 e. The van der Waals surface area contributed by atoms with Crippen molar-refractivity contribution in [1.82, 2.24) is 20.9 Å². The van der Waals surface area contributed by atoms with Crippen LogP contribution in [0, 0.1) is 11.3 Å². The van der Waals surface area contributed by atoms with Crippen molar-refractivity contribution in [2.24, 2.45) is 11.3 Å². The van der Waals surface area contributed by atoms with Gasteiger partial charge in [-0.3, -0.25) is 14.4 Å². The molecule has 2 aliphatic rings. The Morgan fingerprint density at radius 3 is 2.50 bits per heavy atom. The molecular weight excluding hydrogens is 380 g/mol. The third-order valence-corrected chi connectivity index (χ3v) is 5.35. The third kappa shape index (κ3) is 7.95. The summed E-state index contributed by atoms with van der Waals surface area (Å²) in [6.45, 7) is 9.23. The number of carbonyl (C=O) groups is 3. The molecular formula is C20H37ClN4O3. The molecule has 0 aliphatic carbocycles. The van der Waals surface area contributed by atoms with E-state index in [2.05, 4.69) is 16.0 Å². The second-order valence-corrected chi connectivity index (χ2v) is 8.85. The Morgan fingerprint density at radius 2 is 1.86 bits per heavy atom. The Balaban J connectivity index is 0.00000392. The molecule has 2 aliphatic heterocycles. The van der Waals surface area contributed by atoms with Gasteiger partial charge in [0.15, 0.2) is 0 Å². The van der Waals surface area contributed by atoms with Gasteiger partial charge in [0, 0.05) is 38.0 Å². The number of nitrogens with one attached hydrogen (secondary N) is 3. The Hall–Kier alpha value is -1.34. The molecule has 0 aromatic rings. The molecule has 0 saturated carbocycles. The van der Waals surface area contributed by atoms with Crippen molar-refractivity contribution in [3.63, 3.8) is 0 Å². The molecule has 162 valence electrons. The minimum atomic E-state index is -0.400. The van der Waals surface area contributed by atoms with Crippen LogP contribution in [0.25, 0.3) is 0 Å². The van der Waals surface area contributed by atoms with E-state index < -0.39 is 5.41 Å². The van der Waals surface area contributed by atoms with Gasteiger partial charge in [-0.15, -0.1) is 12.4 Å². The zero-order valence-corrected chi connectivity index (χ0v) is 18.3. The Morgan fingerprint density at radius 1 is 1.11 bits per heavy atom. The van der Waals surface area contributed by atoms with Gasteiger partial charge in [0.25, 0.3) is 0 Å². The molecule has 28 heavy (non-hydrogen) atoms. The summed E-state index contributed by atoms with van der Waals surface area (Å²) < 4.78 is 0. The number of hydrogen-bond donors (Lipinski definition) is 3. The highest BCUT2D eigenvalue weighted by atomic mass is 35.5. The lowest BCUT2D eigenvalue weighted by atomic mass is 9.95. The van der Waals surface area contributed by atoms with E-state index >= 15 is 0 Å². The van der Waals surface area contributed by atoms with Crippen molar-refractivity contribution in [2.45, 2.75) is 65.3 Å². The van der Waals surface area contributed by atoms with Crippen LogP contribution in [-0.2, 0) is 14.4 Å². The summed E-state index contributed by atoms with van der Waals surface area (Å²) in [4.78, 5) is 38.3. The molecule has 2 rings (SSSR count). The summed E-state index contributed by atoms with van der Waals surface area (Å²) in [5.41, 5.74) is -0.400. The Bertz CT molecular complexity index is 530. The maximum Gasteiger partial charge on any atom is 0.237 e. The van der Waals surface area contributed by atoms with E-state index in [1.54, 1.807) is 0 Å². The number of amides is 3. The second kappa shape index (κ2) is 11.6. The van der Waals surface area contributed by atoms with E-state index in [1.165, 1.54) is 0 Å². The lowest BCUT2D eigenvalue weighted by molar-refractivity contribution is -0.133. The first-order chi connectivity index (χ1) is 12.8. The van der Waals surface area contributed by atoms with Gasteiger partial charge in [-0.2, -0.15) is 0 Å². The molecule has 8 heteroatoms. The number of nitrogens with zero attached hydrogens (tertiary/aromatic N) is 1. The fraction of sp³-hybridized carbons (Fsp3) is 0.850. The maximum absolute atomic E-state index is 12.4. The summed E-state index contributed by atoms with van der Waals surface area (Å²) in [5, 5.41) is 9.14. The number of hydrogen-bond acceptors (Lipinski definition) is 4. The first-order valence-corrected chi connectivity index (χ1v) is 10.3. The van der Waals surface area contributed by atoms with Gasteiger partial charge in [0.1, 0.15) is 0 Å². The van der Waals surface area contributed by atoms with Crippen molar-refractivity contribution in [2.75, 3.05) is 32.7 Å². The summed E-state index contributed by atoms with van der Waals surface area (Å²) in [6.07, 6.45) is 5.10. The van der Waals surface area contributed by atoms with Crippen LogP contribution in [0.5, 0.6) is 0 Å². The number of rotatable bonds is 7. The first-order valence-electron chi connectivity index (χ1n) is 10.3. The third-order valence-electron chi connectivity index (χ3n) is 5.35. The predicted molar refractivity (Wildman–Crippen MR) is 112 cm³/mol. The molecule has 7 nitrogen and oxygen atoms in total. The van der Waals surface area contributed by atoms with E-state index in [-0.39, 0.29) is 36.2 Å². The highest BCUT2D eigenvalue weighted by molar-refractivity contribution is 5.85. The predicted octanol–water partition coefficient (Wildman–Crippen LogP) is 1.46. The van der Waals surface area contributed by atoms with Gasteiger partial charge in [-0.1, -0.05) is 20.8 Å². The Kier molecular flexibility index (Phi) is 10.2. The van der Waals surface area contributed by atoms with Gasteiger partial charge >= 0.3 is 0 Å². The Labute approximate surface area is 175 Å². The van der Waals surface area contributed by atoms with E-state index in [9.17, 15) is 14.4 Å². The van der Waals surface area contributed by atoms with Crippen molar-refractivity contribution < 1.29 is 14.4 Å². The smallest absolute Gasteiger partial charge is 0.237 e. The number of likely N-dealkylation sites (tertiary alicyclic amines) is 1. The van der Waals surface area contributed by atoms with Gasteiger partial charge < -0.3 is 20.9 Å². The summed E-state index contributed by atoms with van der Waals surface area (Å²) in [7, 11) is 0. The van der Waals surface area contributed by atoms with Gasteiger partial charge in [-0.05, 0) is 44.6 Å². The molecule has 0 spiro atoms. The number of halogens is 1. The van der Waals surface area contributed by atoms with Crippen molar-refractivity contribution in [3.8, 4) is 0 Å². The number of carbonyl (C=O) groups excluding carboxylic acids is 3. The van der Waals surface area contributed by atoms with Crippen LogP contribution in [-0.4, -0.2) is 61.4 Å². The van der Waals surface area contributed by atoms with Crippen LogP contribution in [0.4, 0.5) is 0 Å². The molecule has 0 aromatic heterocycles. The number of piperidine rings is 1. The molecule has 0 radical (unpaired) electrons. The van der Waals surface area contributed by atoms with Crippen LogP contribution < -0.4 is 16.0 Å². The summed E-state index contributed by atoms with van der Waals surface area (Å²) in [5.74, 6) is 0.577. The topological polar surface area (TPSA) is 90.5 Å². The molecule has 2 heterocycles. The molecule has 2 unspecified atom stereocenters. The van der Waals surface area contributed by atoms with E-state index in [1.807, 2.05) is 25.7 Å². The molecule has 3 amide bonds. The lowest BCUT2D eigenvalue weighted by Crippen LogP contribution is -2.46. The molecule has 2 saturated heterocycles. The SMILES string of the molecule is CC(C)(C)C(=O)NCCCC(=O)N1CCCC(CNC(=O)C2CCCN2)C1.Cl. The maximum atomic E-state index is 12.4. The minimum absolute atomic E-state index is 0. The molecule has 3 N–H and O–H groups in total. The van der Waals surface area contributed by atoms with Crippen molar-refractivity contribution in [3.05, 3.63) is 0 Å². The first kappa shape index (κ1) is 24.7. The summed E-state index contributed by atoms with van der Waals surface area (Å²) in [6, 6.07) is -0.0466. The van der Waals surface area contributed by atoms with Gasteiger partial charge in [-0.25, -0.2) is 0 Å². The normalized spacial score (nSPS) is 22.3. The quantitative estimate of drug-likeness (QED) is 0.548. The van der Waals surface area contributed by atoms with Gasteiger partial charge in [0.05, 0.1) is 6.04 Å². The van der Waals surface area contributed by atoms with Crippen LogP contribution in [0.3, 0.4) is 0 Å². The average molecular weight is 417 g/mol. The minimum Gasteiger partial charge on any atom is -0.356 e. The van der Waals surface area contributed by atoms with Crippen molar-refractivity contribution >= 4 is 30.1 Å².